The van der Waals surface area contributed by atoms with Crippen LogP contribution in [0.4, 0.5) is 0 Å². The summed E-state index contributed by atoms with van der Waals surface area (Å²) in [6.45, 7) is 7.91. The van der Waals surface area contributed by atoms with Crippen LogP contribution in [0.25, 0.3) is 51.1 Å². The highest BCUT2D eigenvalue weighted by Crippen LogP contribution is 2.31. The molecule has 2 aromatic carbocycles. The Morgan fingerprint density at radius 2 is 1.81 bits per heavy atom. The highest BCUT2D eigenvalue weighted by atomic mass is 35.5. The van der Waals surface area contributed by atoms with Crippen molar-refractivity contribution in [2.45, 2.75) is 0 Å². The third-order valence-electron chi connectivity index (χ3n) is 4.67. The molecular formula is C22H14ClN3. The molecule has 5 aromatic rings. The maximum Gasteiger partial charge on any atom is 0.147 e. The fourth-order valence-corrected chi connectivity index (χ4v) is 3.72. The number of aromatic nitrogens is 3. The Kier molecular flexibility index (Phi) is 3.15. The van der Waals surface area contributed by atoms with Gasteiger partial charge in [0.05, 0.1) is 27.4 Å². The van der Waals surface area contributed by atoms with E-state index in [4.69, 9.17) is 21.6 Å². The summed E-state index contributed by atoms with van der Waals surface area (Å²) in [6.07, 6.45) is 3.59. The summed E-state index contributed by atoms with van der Waals surface area (Å²) < 4.78 is 2.17. The molecule has 0 aliphatic heterocycles. The average molecular weight is 356 g/mol. The van der Waals surface area contributed by atoms with Crippen molar-refractivity contribution in [1.29, 1.82) is 0 Å². The van der Waals surface area contributed by atoms with Crippen molar-refractivity contribution in [3.05, 3.63) is 76.8 Å². The van der Waals surface area contributed by atoms with Crippen LogP contribution in [0.1, 0.15) is 0 Å². The number of allylic oxidation sites excluding steroid dienone is 1. The zero-order valence-electron chi connectivity index (χ0n) is 13.9. The van der Waals surface area contributed by atoms with E-state index in [-0.39, 0.29) is 0 Å². The smallest absolute Gasteiger partial charge is 0.147 e. The first-order chi connectivity index (χ1) is 12.7. The summed E-state index contributed by atoms with van der Waals surface area (Å²) in [5.74, 6) is 0. The number of hydrogen-bond acceptors (Lipinski definition) is 2. The van der Waals surface area contributed by atoms with Gasteiger partial charge in [-0.15, -0.1) is 0 Å². The molecule has 124 valence electrons. The second-order valence-electron chi connectivity index (χ2n) is 6.25. The number of benzene rings is 2. The third-order valence-corrected chi connectivity index (χ3v) is 4.90. The maximum absolute atomic E-state index is 6.31. The van der Waals surface area contributed by atoms with E-state index in [1.165, 1.54) is 0 Å². The molecule has 0 radical (unpaired) electrons. The lowest BCUT2D eigenvalue weighted by molar-refractivity contribution is 1.27. The Labute approximate surface area is 154 Å². The summed E-state index contributed by atoms with van der Waals surface area (Å²) in [4.78, 5) is 9.72. The van der Waals surface area contributed by atoms with Crippen molar-refractivity contribution < 1.29 is 0 Å². The van der Waals surface area contributed by atoms with Gasteiger partial charge in [0.1, 0.15) is 5.65 Å². The summed E-state index contributed by atoms with van der Waals surface area (Å²) in [6, 6.07) is 16.0. The standard InChI is InChI=1S/C22H14ClN3/c1-3-6-17-13(2)11-16-21(24-17)15-12-14(23)9-10-19(15)26-20-8-5-4-7-18(20)25-22(16)26/h3-12H,1-2H2/b17-6+. The van der Waals surface area contributed by atoms with Gasteiger partial charge in [0, 0.05) is 15.8 Å². The zero-order chi connectivity index (χ0) is 17.8. The van der Waals surface area contributed by atoms with Crippen LogP contribution in [0.15, 0.2) is 61.2 Å². The van der Waals surface area contributed by atoms with Gasteiger partial charge >= 0.3 is 0 Å². The van der Waals surface area contributed by atoms with E-state index in [1.807, 2.05) is 48.5 Å². The summed E-state index contributed by atoms with van der Waals surface area (Å²) >= 11 is 6.31. The first kappa shape index (κ1) is 15.1. The molecule has 0 bridgehead atoms. The van der Waals surface area contributed by atoms with Crippen LogP contribution in [0.3, 0.4) is 0 Å². The van der Waals surface area contributed by atoms with Crippen LogP contribution < -0.4 is 10.6 Å². The first-order valence-electron chi connectivity index (χ1n) is 8.28. The molecule has 26 heavy (non-hydrogen) atoms. The van der Waals surface area contributed by atoms with E-state index in [9.17, 15) is 0 Å². The number of hydrogen-bond donors (Lipinski definition) is 0. The molecular weight excluding hydrogens is 342 g/mol. The van der Waals surface area contributed by atoms with Crippen molar-refractivity contribution in [3.63, 3.8) is 0 Å². The van der Waals surface area contributed by atoms with E-state index in [0.717, 1.165) is 49.1 Å². The molecule has 0 fully saturated rings. The first-order valence-corrected chi connectivity index (χ1v) is 8.66. The van der Waals surface area contributed by atoms with E-state index in [0.29, 0.717) is 5.02 Å². The molecule has 0 unspecified atom stereocenters. The van der Waals surface area contributed by atoms with Crippen molar-refractivity contribution >= 4 is 62.7 Å². The number of pyridine rings is 2. The normalized spacial score (nSPS) is 12.6. The van der Waals surface area contributed by atoms with Gasteiger partial charge in [0.25, 0.3) is 0 Å². The average Bonchev–Trinajstić information content (AvgIpc) is 3.03. The Hall–Kier alpha value is -3.17. The predicted molar refractivity (Wildman–Crippen MR) is 110 cm³/mol. The molecule has 0 aliphatic rings. The molecule has 0 saturated carbocycles. The van der Waals surface area contributed by atoms with Crippen molar-refractivity contribution in [2.75, 3.05) is 0 Å². The van der Waals surface area contributed by atoms with Crippen LogP contribution in [0.5, 0.6) is 0 Å². The Morgan fingerprint density at radius 1 is 0.962 bits per heavy atom. The molecule has 4 heteroatoms. The van der Waals surface area contributed by atoms with Crippen molar-refractivity contribution in [2.24, 2.45) is 0 Å². The zero-order valence-corrected chi connectivity index (χ0v) is 14.7. The van der Waals surface area contributed by atoms with Gasteiger partial charge in [-0.25, -0.2) is 9.97 Å². The number of nitrogens with zero attached hydrogens (tertiary/aromatic N) is 3. The van der Waals surface area contributed by atoms with Gasteiger partial charge in [-0.3, -0.25) is 4.40 Å². The molecule has 0 amide bonds. The Morgan fingerprint density at radius 3 is 2.65 bits per heavy atom. The van der Waals surface area contributed by atoms with Crippen molar-refractivity contribution in [3.8, 4) is 0 Å². The summed E-state index contributed by atoms with van der Waals surface area (Å²) in [7, 11) is 0. The lowest BCUT2D eigenvalue weighted by Crippen LogP contribution is -2.26. The Balaban J connectivity index is 2.19. The van der Waals surface area contributed by atoms with Gasteiger partial charge < -0.3 is 0 Å². The largest absolute Gasteiger partial charge is 0.292 e. The van der Waals surface area contributed by atoms with Crippen LogP contribution in [-0.4, -0.2) is 14.4 Å². The van der Waals surface area contributed by atoms with Crippen LogP contribution in [0.2, 0.25) is 5.02 Å². The highest BCUT2D eigenvalue weighted by Gasteiger charge is 2.14. The molecule has 0 aliphatic carbocycles. The number of para-hydroxylation sites is 2. The monoisotopic (exact) mass is 355 g/mol. The van der Waals surface area contributed by atoms with Crippen LogP contribution >= 0.6 is 11.6 Å². The summed E-state index contributed by atoms with van der Waals surface area (Å²) in [5.41, 5.74) is 4.77. The molecule has 0 N–H and O–H groups in total. The van der Waals surface area contributed by atoms with Gasteiger partial charge in [-0.05, 0) is 47.7 Å². The van der Waals surface area contributed by atoms with E-state index >= 15 is 0 Å². The fraction of sp³-hybridized carbons (Fsp3) is 0. The molecule has 0 atom stereocenters. The lowest BCUT2D eigenvalue weighted by atomic mass is 10.1. The second-order valence-corrected chi connectivity index (χ2v) is 6.69. The lowest BCUT2D eigenvalue weighted by Gasteiger charge is -2.09. The second kappa shape index (κ2) is 5.41. The van der Waals surface area contributed by atoms with Crippen LogP contribution in [0, 0.1) is 0 Å². The van der Waals surface area contributed by atoms with Crippen LogP contribution in [-0.2, 0) is 0 Å². The van der Waals surface area contributed by atoms with Gasteiger partial charge in [-0.1, -0.05) is 43.0 Å². The predicted octanol–water partition coefficient (Wildman–Crippen LogP) is 4.22. The van der Waals surface area contributed by atoms with Gasteiger partial charge in [0.15, 0.2) is 0 Å². The number of halogens is 1. The molecule has 3 nitrogen and oxygen atoms in total. The highest BCUT2D eigenvalue weighted by molar-refractivity contribution is 6.31. The summed E-state index contributed by atoms with van der Waals surface area (Å²) in [5, 5.41) is 4.27. The quantitative estimate of drug-likeness (QED) is 0.421. The van der Waals surface area contributed by atoms with E-state index < -0.39 is 0 Å². The third kappa shape index (κ3) is 2.01. The minimum absolute atomic E-state index is 0.678. The molecule has 3 aromatic heterocycles. The number of imidazole rings is 1. The van der Waals surface area contributed by atoms with E-state index in [2.05, 4.69) is 23.6 Å². The fourth-order valence-electron chi connectivity index (χ4n) is 3.54. The topological polar surface area (TPSA) is 30.2 Å². The van der Waals surface area contributed by atoms with Gasteiger partial charge in [-0.2, -0.15) is 0 Å². The van der Waals surface area contributed by atoms with Crippen molar-refractivity contribution in [1.82, 2.24) is 14.4 Å². The minimum atomic E-state index is 0.678. The molecule has 0 saturated heterocycles. The number of rotatable bonds is 1. The molecule has 0 spiro atoms. The number of fused-ring (bicyclic) bond motifs is 8. The SMILES string of the molecule is C=C/C=c1/nc2c3cc(Cl)ccc3n3c4ccccc4nc3c2cc1=C. The maximum atomic E-state index is 6.31. The molecule has 3 heterocycles. The van der Waals surface area contributed by atoms with E-state index in [1.54, 1.807) is 6.08 Å². The molecule has 5 rings (SSSR count). The minimum Gasteiger partial charge on any atom is -0.292 e. The Bertz CT molecular complexity index is 1480. The van der Waals surface area contributed by atoms with Gasteiger partial charge in [0.2, 0.25) is 0 Å².